The van der Waals surface area contributed by atoms with Crippen molar-refractivity contribution in [1.82, 2.24) is 16.0 Å². The minimum atomic E-state index is -1.05. The summed E-state index contributed by atoms with van der Waals surface area (Å²) in [5.74, 6) is -1.38. The highest BCUT2D eigenvalue weighted by molar-refractivity contribution is 5.88. The Kier molecular flexibility index (Phi) is 11.4. The van der Waals surface area contributed by atoms with E-state index >= 15 is 0 Å². The van der Waals surface area contributed by atoms with Gasteiger partial charge in [-0.1, -0.05) is 44.2 Å². The van der Waals surface area contributed by atoms with Crippen LogP contribution >= 0.6 is 0 Å². The van der Waals surface area contributed by atoms with E-state index in [9.17, 15) is 19.2 Å². The molecule has 0 heterocycles. The monoisotopic (exact) mass is 463 g/mol. The number of carbonyl (C=O) groups is 4. The molecule has 0 aromatic heterocycles. The lowest BCUT2D eigenvalue weighted by Crippen LogP contribution is -2.53. The van der Waals surface area contributed by atoms with Gasteiger partial charge in [0.15, 0.2) is 0 Å². The van der Waals surface area contributed by atoms with Crippen LogP contribution < -0.4 is 16.0 Å². The molecule has 0 spiro atoms. The van der Waals surface area contributed by atoms with E-state index in [1.165, 1.54) is 7.11 Å². The van der Waals surface area contributed by atoms with Gasteiger partial charge in [-0.25, -0.2) is 9.59 Å². The number of benzene rings is 1. The van der Waals surface area contributed by atoms with Crippen LogP contribution in [-0.4, -0.2) is 55.2 Å². The Balaban J connectivity index is 2.70. The van der Waals surface area contributed by atoms with E-state index in [-0.39, 0.29) is 24.8 Å². The fraction of sp³-hybridized carbons (Fsp3) is 0.583. The van der Waals surface area contributed by atoms with Crippen LogP contribution in [0.25, 0.3) is 0 Å². The molecule has 0 radical (unpaired) electrons. The Morgan fingerprint density at radius 3 is 2.15 bits per heavy atom. The maximum atomic E-state index is 12.7. The maximum Gasteiger partial charge on any atom is 0.408 e. The number of esters is 1. The third-order valence-corrected chi connectivity index (χ3v) is 4.50. The molecule has 9 heteroatoms. The van der Waals surface area contributed by atoms with Crippen molar-refractivity contribution in [2.24, 2.45) is 5.92 Å². The summed E-state index contributed by atoms with van der Waals surface area (Å²) in [4.78, 5) is 49.4. The van der Waals surface area contributed by atoms with Gasteiger partial charge in [0.2, 0.25) is 11.8 Å². The van der Waals surface area contributed by atoms with Crippen LogP contribution in [0.1, 0.15) is 53.0 Å². The number of methoxy groups -OCH3 is 1. The van der Waals surface area contributed by atoms with Crippen LogP contribution in [0, 0.1) is 5.92 Å². The van der Waals surface area contributed by atoms with Crippen LogP contribution in [0.15, 0.2) is 30.3 Å². The van der Waals surface area contributed by atoms with Crippen molar-refractivity contribution in [2.45, 2.75) is 71.6 Å². The third kappa shape index (κ3) is 11.9. The van der Waals surface area contributed by atoms with Gasteiger partial charge in [-0.05, 0) is 45.1 Å². The molecule has 0 fully saturated rings. The first-order chi connectivity index (χ1) is 15.4. The molecule has 0 aliphatic heterocycles. The smallest absolute Gasteiger partial charge is 0.408 e. The topological polar surface area (TPSA) is 123 Å². The molecule has 33 heavy (non-hydrogen) atoms. The Labute approximate surface area is 196 Å². The lowest BCUT2D eigenvalue weighted by molar-refractivity contribution is -0.145. The van der Waals surface area contributed by atoms with Crippen molar-refractivity contribution in [1.29, 1.82) is 0 Å². The molecular formula is C24H37N3O6. The van der Waals surface area contributed by atoms with E-state index in [1.54, 1.807) is 20.8 Å². The lowest BCUT2D eigenvalue weighted by atomic mass is 10.0. The zero-order chi connectivity index (χ0) is 25.0. The summed E-state index contributed by atoms with van der Waals surface area (Å²) in [5, 5.41) is 7.80. The van der Waals surface area contributed by atoms with E-state index in [2.05, 4.69) is 16.0 Å². The molecule has 1 aromatic carbocycles. The molecule has 9 nitrogen and oxygen atoms in total. The normalized spacial score (nSPS) is 12.9. The fourth-order valence-electron chi connectivity index (χ4n) is 2.98. The van der Waals surface area contributed by atoms with Crippen molar-refractivity contribution in [3.8, 4) is 0 Å². The molecule has 1 aromatic rings. The third-order valence-electron chi connectivity index (χ3n) is 4.50. The molecule has 184 valence electrons. The first-order valence-corrected chi connectivity index (χ1v) is 11.1. The number of hydrogen-bond acceptors (Lipinski definition) is 6. The number of amides is 3. The van der Waals surface area contributed by atoms with Gasteiger partial charge >= 0.3 is 12.1 Å². The standard InChI is InChI=1S/C24H37N3O6/c1-16(2)14-18(27-23(31)33-24(3,4)5)21(29)25-15-19(22(30)32-6)26-20(28)13-12-17-10-8-7-9-11-17/h7-11,16,18-19H,12-15H2,1-6H3,(H,25,29)(H,26,28)(H,27,31). The van der Waals surface area contributed by atoms with Crippen LogP contribution in [0.2, 0.25) is 0 Å². The van der Waals surface area contributed by atoms with E-state index in [1.807, 2.05) is 44.2 Å². The average molecular weight is 464 g/mol. The SMILES string of the molecule is COC(=O)C(CNC(=O)C(CC(C)C)NC(=O)OC(C)(C)C)NC(=O)CCc1ccccc1. The maximum absolute atomic E-state index is 12.7. The highest BCUT2D eigenvalue weighted by Gasteiger charge is 2.27. The highest BCUT2D eigenvalue weighted by atomic mass is 16.6. The average Bonchev–Trinajstić information content (AvgIpc) is 2.73. The van der Waals surface area contributed by atoms with E-state index in [0.29, 0.717) is 12.8 Å². The predicted molar refractivity (Wildman–Crippen MR) is 124 cm³/mol. The van der Waals surface area contributed by atoms with E-state index < -0.39 is 35.7 Å². The van der Waals surface area contributed by atoms with Gasteiger partial charge in [0, 0.05) is 13.0 Å². The summed E-state index contributed by atoms with van der Waals surface area (Å²) in [6, 6.07) is 7.59. The Bertz CT molecular complexity index is 789. The molecule has 2 atom stereocenters. The fourth-order valence-corrected chi connectivity index (χ4v) is 2.98. The minimum absolute atomic E-state index is 0.116. The molecule has 0 bridgehead atoms. The van der Waals surface area contributed by atoms with Gasteiger partial charge in [-0.3, -0.25) is 9.59 Å². The number of hydrogen-bond donors (Lipinski definition) is 3. The number of aryl methyl sites for hydroxylation is 1. The van der Waals surface area contributed by atoms with E-state index in [4.69, 9.17) is 9.47 Å². The molecule has 3 N–H and O–H groups in total. The summed E-state index contributed by atoms with van der Waals surface area (Å²) in [5.41, 5.74) is 0.295. The van der Waals surface area contributed by atoms with Gasteiger partial charge in [-0.2, -0.15) is 0 Å². The molecule has 0 saturated heterocycles. The van der Waals surface area contributed by atoms with Crippen molar-refractivity contribution in [3.63, 3.8) is 0 Å². The highest BCUT2D eigenvalue weighted by Crippen LogP contribution is 2.10. The molecule has 1 rings (SSSR count). The summed E-state index contributed by atoms with van der Waals surface area (Å²) in [7, 11) is 1.21. The Hall–Kier alpha value is -3.10. The van der Waals surface area contributed by atoms with Gasteiger partial charge in [0.05, 0.1) is 7.11 Å². The van der Waals surface area contributed by atoms with Gasteiger partial charge in [0.1, 0.15) is 17.7 Å². The second-order valence-electron chi connectivity index (χ2n) is 9.20. The van der Waals surface area contributed by atoms with Crippen LogP contribution in [0.5, 0.6) is 0 Å². The number of ether oxygens (including phenoxy) is 2. The summed E-state index contributed by atoms with van der Waals surface area (Å²) in [6.45, 7) is 8.85. The summed E-state index contributed by atoms with van der Waals surface area (Å²) >= 11 is 0. The van der Waals surface area contributed by atoms with Crippen LogP contribution in [-0.2, 0) is 30.3 Å². The van der Waals surface area contributed by atoms with Crippen molar-refractivity contribution in [3.05, 3.63) is 35.9 Å². The number of carbonyl (C=O) groups excluding carboxylic acids is 4. The summed E-state index contributed by atoms with van der Waals surface area (Å²) in [6.07, 6.45) is 0.365. The summed E-state index contributed by atoms with van der Waals surface area (Å²) < 4.78 is 9.99. The number of nitrogens with one attached hydrogen (secondary N) is 3. The van der Waals surface area contributed by atoms with Gasteiger partial charge in [-0.15, -0.1) is 0 Å². The molecule has 0 saturated carbocycles. The van der Waals surface area contributed by atoms with Crippen LogP contribution in [0.4, 0.5) is 4.79 Å². The number of alkyl carbamates (subject to hydrolysis) is 1. The molecular weight excluding hydrogens is 426 g/mol. The second-order valence-corrected chi connectivity index (χ2v) is 9.20. The Morgan fingerprint density at radius 1 is 0.970 bits per heavy atom. The zero-order valence-corrected chi connectivity index (χ0v) is 20.4. The molecule has 2 unspecified atom stereocenters. The first-order valence-electron chi connectivity index (χ1n) is 11.1. The van der Waals surface area contributed by atoms with Crippen LogP contribution in [0.3, 0.4) is 0 Å². The molecule has 0 aliphatic rings. The quantitative estimate of drug-likeness (QED) is 0.433. The van der Waals surface area contributed by atoms with Gasteiger partial charge < -0.3 is 25.4 Å². The van der Waals surface area contributed by atoms with Crippen molar-refractivity contribution >= 4 is 23.9 Å². The minimum Gasteiger partial charge on any atom is -0.467 e. The van der Waals surface area contributed by atoms with E-state index in [0.717, 1.165) is 5.56 Å². The zero-order valence-electron chi connectivity index (χ0n) is 20.4. The number of rotatable bonds is 11. The second kappa shape index (κ2) is 13.4. The first kappa shape index (κ1) is 27.9. The molecule has 0 aliphatic carbocycles. The predicted octanol–water partition coefficient (Wildman–Crippen LogP) is 2.33. The largest absolute Gasteiger partial charge is 0.467 e. The lowest BCUT2D eigenvalue weighted by Gasteiger charge is -2.25. The Morgan fingerprint density at radius 2 is 1.61 bits per heavy atom. The van der Waals surface area contributed by atoms with Crippen molar-refractivity contribution < 1.29 is 28.7 Å². The van der Waals surface area contributed by atoms with Crippen molar-refractivity contribution in [2.75, 3.05) is 13.7 Å². The molecule has 3 amide bonds. The van der Waals surface area contributed by atoms with Gasteiger partial charge in [0.25, 0.3) is 0 Å².